The molecule has 3 heterocycles. The maximum Gasteiger partial charge on any atom is 0.174 e. The number of anilines is 1. The van der Waals surface area contributed by atoms with Crippen molar-refractivity contribution >= 4 is 16.7 Å². The number of nitrogens with one attached hydrogen (secondary N) is 2. The second-order valence-corrected chi connectivity index (χ2v) is 9.51. The molecule has 0 amide bonds. The Morgan fingerprint density at radius 3 is 2.63 bits per heavy atom. The van der Waals surface area contributed by atoms with Crippen LogP contribution in [-0.2, 0) is 0 Å². The van der Waals surface area contributed by atoms with Gasteiger partial charge in [-0.2, -0.15) is 5.26 Å². The van der Waals surface area contributed by atoms with Gasteiger partial charge >= 0.3 is 0 Å². The van der Waals surface area contributed by atoms with E-state index in [9.17, 15) is 14.0 Å². The molecule has 5 nitrogen and oxygen atoms in total. The van der Waals surface area contributed by atoms with Gasteiger partial charge in [-0.3, -0.25) is 4.98 Å². The SMILES string of the molecule is N#Cc1c(-c2c[nH]c3c(F)cc(F)cc23)nc(NC2CC3CCC2CC3)c(F)c1-c1cccnc1. The van der Waals surface area contributed by atoms with Crippen LogP contribution in [0.15, 0.2) is 42.9 Å². The lowest BCUT2D eigenvalue weighted by Gasteiger charge is -2.43. The molecule has 3 aromatic heterocycles. The van der Waals surface area contributed by atoms with E-state index in [-0.39, 0.29) is 39.6 Å². The monoisotopic (exact) mass is 473 g/mol. The summed E-state index contributed by atoms with van der Waals surface area (Å²) in [4.78, 5) is 11.5. The average Bonchev–Trinajstić information content (AvgIpc) is 3.30. The maximum absolute atomic E-state index is 16.0. The van der Waals surface area contributed by atoms with Crippen molar-refractivity contribution in [2.75, 3.05) is 5.32 Å². The molecule has 8 heteroatoms. The highest BCUT2D eigenvalue weighted by molar-refractivity contribution is 5.98. The maximum atomic E-state index is 16.0. The van der Waals surface area contributed by atoms with Crippen molar-refractivity contribution < 1.29 is 13.2 Å². The molecular weight excluding hydrogens is 451 g/mol. The standard InChI is InChI=1S/C27H22F3N5/c28-17-9-18-20(13-33-26(18)21(29)10-17)25-19(11-31)23(16-2-1-7-32-12-16)24(30)27(35-25)34-22-8-14-3-5-15(22)6-4-14/h1-2,7,9-10,12-15,22,33H,3-6,8H2,(H,34,35). The number of nitriles is 1. The predicted octanol–water partition coefficient (Wildman–Crippen LogP) is 6.57. The van der Waals surface area contributed by atoms with Crippen molar-refractivity contribution in [1.29, 1.82) is 5.26 Å². The van der Waals surface area contributed by atoms with Gasteiger partial charge in [0.25, 0.3) is 0 Å². The molecule has 0 radical (unpaired) electrons. The van der Waals surface area contributed by atoms with E-state index in [1.807, 2.05) is 0 Å². The van der Waals surface area contributed by atoms with Crippen molar-refractivity contribution in [1.82, 2.24) is 15.0 Å². The van der Waals surface area contributed by atoms with Crippen molar-refractivity contribution in [2.45, 2.75) is 38.1 Å². The summed E-state index contributed by atoms with van der Waals surface area (Å²) < 4.78 is 44.6. The number of H-pyrrole nitrogens is 1. The molecule has 3 aliphatic rings. The van der Waals surface area contributed by atoms with Gasteiger partial charge in [-0.15, -0.1) is 0 Å². The molecule has 0 aliphatic heterocycles. The Morgan fingerprint density at radius 2 is 1.94 bits per heavy atom. The van der Waals surface area contributed by atoms with E-state index in [4.69, 9.17) is 0 Å². The van der Waals surface area contributed by atoms with Crippen LogP contribution in [0.3, 0.4) is 0 Å². The largest absolute Gasteiger partial charge is 0.365 e. The zero-order valence-electron chi connectivity index (χ0n) is 18.8. The summed E-state index contributed by atoms with van der Waals surface area (Å²) in [7, 11) is 0. The molecule has 3 fully saturated rings. The average molecular weight is 474 g/mol. The van der Waals surface area contributed by atoms with Gasteiger partial charge in [-0.05, 0) is 43.2 Å². The number of halogens is 3. The number of aromatic nitrogens is 3. The first kappa shape index (κ1) is 21.7. The molecule has 3 saturated carbocycles. The quantitative estimate of drug-likeness (QED) is 0.351. The number of fused-ring (bicyclic) bond motifs is 4. The predicted molar refractivity (Wildman–Crippen MR) is 127 cm³/mol. The summed E-state index contributed by atoms with van der Waals surface area (Å²) in [6.07, 6.45) is 10.1. The summed E-state index contributed by atoms with van der Waals surface area (Å²) in [6, 6.07) is 7.49. The fraction of sp³-hybridized carbons (Fsp3) is 0.296. The number of nitrogens with zero attached hydrogens (tertiary/aromatic N) is 3. The summed E-state index contributed by atoms with van der Waals surface area (Å²) in [5.74, 6) is -1.02. The summed E-state index contributed by atoms with van der Waals surface area (Å²) in [5, 5.41) is 13.7. The van der Waals surface area contributed by atoms with Crippen LogP contribution < -0.4 is 5.32 Å². The third-order valence-corrected chi connectivity index (χ3v) is 7.53. The molecule has 35 heavy (non-hydrogen) atoms. The van der Waals surface area contributed by atoms with Gasteiger partial charge in [0.15, 0.2) is 11.6 Å². The third-order valence-electron chi connectivity index (χ3n) is 7.53. The normalized spacial score (nSPS) is 21.3. The molecule has 1 aromatic carbocycles. The van der Waals surface area contributed by atoms with Gasteiger partial charge < -0.3 is 10.3 Å². The van der Waals surface area contributed by atoms with Crippen LogP contribution in [0.5, 0.6) is 0 Å². The molecular formula is C27H22F3N5. The fourth-order valence-corrected chi connectivity index (χ4v) is 5.83. The van der Waals surface area contributed by atoms with Crippen LogP contribution in [-0.4, -0.2) is 21.0 Å². The second-order valence-electron chi connectivity index (χ2n) is 9.51. The minimum Gasteiger partial charge on any atom is -0.365 e. The molecule has 1 atom stereocenters. The highest BCUT2D eigenvalue weighted by Gasteiger charge is 2.36. The molecule has 2 bridgehead atoms. The van der Waals surface area contributed by atoms with E-state index in [2.05, 4.69) is 26.3 Å². The van der Waals surface area contributed by atoms with Crippen molar-refractivity contribution in [3.8, 4) is 28.5 Å². The summed E-state index contributed by atoms with van der Waals surface area (Å²) in [6.45, 7) is 0. The minimum atomic E-state index is -0.754. The lowest BCUT2D eigenvalue weighted by atomic mass is 9.68. The Kier molecular flexibility index (Phi) is 5.21. The number of rotatable bonds is 4. The number of benzene rings is 1. The van der Waals surface area contributed by atoms with E-state index >= 15 is 4.39 Å². The third kappa shape index (κ3) is 3.63. The van der Waals surface area contributed by atoms with Crippen LogP contribution >= 0.6 is 0 Å². The minimum absolute atomic E-state index is 0.0169. The van der Waals surface area contributed by atoms with Crippen LogP contribution in [0.2, 0.25) is 0 Å². The Balaban J connectivity index is 1.57. The van der Waals surface area contributed by atoms with Crippen molar-refractivity contribution in [3.63, 3.8) is 0 Å². The van der Waals surface area contributed by atoms with Crippen molar-refractivity contribution in [2.24, 2.45) is 11.8 Å². The molecule has 2 N–H and O–H groups in total. The number of hydrogen-bond donors (Lipinski definition) is 2. The first-order chi connectivity index (χ1) is 17.0. The number of aromatic amines is 1. The summed E-state index contributed by atoms with van der Waals surface area (Å²) in [5.41, 5.74) is 1.06. The lowest BCUT2D eigenvalue weighted by molar-refractivity contribution is 0.157. The molecule has 4 aromatic rings. The molecule has 3 aliphatic carbocycles. The van der Waals surface area contributed by atoms with Gasteiger partial charge in [-0.25, -0.2) is 18.2 Å². The Labute approximate surface area is 200 Å². The first-order valence-electron chi connectivity index (χ1n) is 11.8. The molecule has 0 spiro atoms. The van der Waals surface area contributed by atoms with Gasteiger partial charge in [0.05, 0.1) is 16.8 Å². The van der Waals surface area contributed by atoms with Crippen LogP contribution in [0, 0.1) is 40.6 Å². The summed E-state index contributed by atoms with van der Waals surface area (Å²) >= 11 is 0. The van der Waals surface area contributed by atoms with Crippen molar-refractivity contribution in [3.05, 3.63) is 65.9 Å². The smallest absolute Gasteiger partial charge is 0.174 e. The zero-order chi connectivity index (χ0) is 24.1. The highest BCUT2D eigenvalue weighted by atomic mass is 19.1. The topological polar surface area (TPSA) is 77.4 Å². The van der Waals surface area contributed by atoms with Crippen LogP contribution in [0.1, 0.15) is 37.7 Å². The molecule has 1 unspecified atom stereocenters. The van der Waals surface area contributed by atoms with Gasteiger partial charge in [0.2, 0.25) is 0 Å². The molecule has 7 rings (SSSR count). The fourth-order valence-electron chi connectivity index (χ4n) is 5.83. The Bertz CT molecular complexity index is 1470. The van der Waals surface area contributed by atoms with E-state index < -0.39 is 17.5 Å². The van der Waals surface area contributed by atoms with Gasteiger partial charge in [0.1, 0.15) is 17.7 Å². The Hall–Kier alpha value is -3.86. The van der Waals surface area contributed by atoms with E-state index in [1.54, 1.807) is 18.3 Å². The Morgan fingerprint density at radius 1 is 1.11 bits per heavy atom. The second kappa shape index (κ2) is 8.42. The van der Waals surface area contributed by atoms with E-state index in [0.29, 0.717) is 23.0 Å². The highest BCUT2D eigenvalue weighted by Crippen LogP contribution is 2.44. The number of hydrogen-bond acceptors (Lipinski definition) is 4. The molecule has 0 saturated heterocycles. The zero-order valence-corrected chi connectivity index (χ0v) is 18.8. The first-order valence-corrected chi connectivity index (χ1v) is 11.8. The van der Waals surface area contributed by atoms with Gasteiger partial charge in [0, 0.05) is 52.8 Å². The van der Waals surface area contributed by atoms with E-state index in [0.717, 1.165) is 25.3 Å². The van der Waals surface area contributed by atoms with E-state index in [1.165, 1.54) is 31.3 Å². The number of pyridine rings is 2. The molecule has 176 valence electrons. The van der Waals surface area contributed by atoms with Crippen LogP contribution in [0.4, 0.5) is 19.0 Å². The van der Waals surface area contributed by atoms with Crippen LogP contribution in [0.25, 0.3) is 33.3 Å². The van der Waals surface area contributed by atoms with Gasteiger partial charge in [-0.1, -0.05) is 18.9 Å². The lowest BCUT2D eigenvalue weighted by Crippen LogP contribution is -2.40.